The number of carbonyl (C=O) groups is 4. The fraction of sp³-hybridized carbons (Fsp3) is 0.391. The lowest BCUT2D eigenvalue weighted by atomic mass is 10.1. The van der Waals surface area contributed by atoms with Crippen molar-refractivity contribution in [2.45, 2.75) is 89.9 Å². The van der Waals surface area contributed by atoms with Crippen molar-refractivity contribution in [2.24, 2.45) is 0 Å². The molecule has 0 aliphatic rings. The normalized spacial score (nSPS) is 12.7. The monoisotopic (exact) mass is 920 g/mol. The van der Waals surface area contributed by atoms with Crippen LogP contribution in [0.25, 0.3) is 12.2 Å². The van der Waals surface area contributed by atoms with Gasteiger partial charge in [0.05, 0.1) is 11.1 Å². The van der Waals surface area contributed by atoms with E-state index < -0.39 is 59.0 Å². The van der Waals surface area contributed by atoms with Crippen LogP contribution in [0.4, 0.5) is 64.1 Å². The predicted octanol–water partition coefficient (Wildman–Crippen LogP) is 12.7. The Morgan fingerprint density at radius 2 is 0.672 bits per heavy atom. The van der Waals surface area contributed by atoms with Gasteiger partial charge in [-0.1, -0.05) is 111 Å². The first kappa shape index (κ1) is 54.5. The topological polar surface area (TPSA) is 74.8 Å². The maximum atomic E-state index is 12.7. The molecule has 0 N–H and O–H groups in total. The van der Waals surface area contributed by atoms with Crippen LogP contribution in [0.5, 0.6) is 0 Å². The number of nitrogens with zero attached hydrogens (tertiary/aromatic N) is 2. The average Bonchev–Trinajstić information content (AvgIpc) is 3.22. The molecule has 0 aromatic heterocycles. The molecule has 350 valence electrons. The fourth-order valence-electron chi connectivity index (χ4n) is 6.08. The standard InChI is InChI=1S/C46H48F12N2O4/c1-3-59(35-27-23-33(24-28-35)19-13-11-15-21-37(39(61)43(47,48)49)40(62)44(50,51)52)31-17-9-7-5-6-8-10-18-32-60(4-2)36-29-25-34(26-30-36)20-14-12-16-22-38(41(63)45(53,54)55)42(64)46(56,57)58/h11-16,19-30H,3-10,17-18,31-32H2,1-2H3/b15-11+,16-12+,19-13+,20-14+. The number of allylic oxidation sites excluding steroid dienone is 10. The van der Waals surface area contributed by atoms with E-state index in [1.165, 1.54) is 12.2 Å². The first-order valence-corrected chi connectivity index (χ1v) is 20.2. The van der Waals surface area contributed by atoms with Crippen molar-refractivity contribution in [1.82, 2.24) is 0 Å². The highest BCUT2D eigenvalue weighted by molar-refractivity contribution is 6.24. The van der Waals surface area contributed by atoms with Crippen molar-refractivity contribution in [3.05, 3.63) is 119 Å². The molecule has 2 aromatic carbocycles. The van der Waals surface area contributed by atoms with E-state index in [0.717, 1.165) is 113 Å². The molecule has 0 spiro atoms. The molecule has 0 saturated heterocycles. The van der Waals surface area contributed by atoms with Gasteiger partial charge >= 0.3 is 24.7 Å². The summed E-state index contributed by atoms with van der Waals surface area (Å²) in [5, 5.41) is 0. The van der Waals surface area contributed by atoms with Crippen LogP contribution in [-0.4, -0.2) is 74.0 Å². The Hall–Kier alpha value is -5.68. The van der Waals surface area contributed by atoms with E-state index in [1.807, 2.05) is 38.1 Å². The summed E-state index contributed by atoms with van der Waals surface area (Å²) >= 11 is 0. The van der Waals surface area contributed by atoms with Crippen LogP contribution >= 0.6 is 0 Å². The quantitative estimate of drug-likeness (QED) is 0.0247. The van der Waals surface area contributed by atoms with Gasteiger partial charge in [0.25, 0.3) is 23.1 Å². The summed E-state index contributed by atoms with van der Waals surface area (Å²) in [6, 6.07) is 14.7. The third-order valence-corrected chi connectivity index (χ3v) is 9.44. The highest BCUT2D eigenvalue weighted by Crippen LogP contribution is 2.29. The van der Waals surface area contributed by atoms with E-state index in [1.54, 1.807) is 36.4 Å². The van der Waals surface area contributed by atoms with Crippen molar-refractivity contribution in [3.8, 4) is 0 Å². The molecule has 64 heavy (non-hydrogen) atoms. The summed E-state index contributed by atoms with van der Waals surface area (Å²) in [4.78, 5) is 49.8. The van der Waals surface area contributed by atoms with Gasteiger partial charge in [-0.3, -0.25) is 19.2 Å². The summed E-state index contributed by atoms with van der Waals surface area (Å²) < 4.78 is 152. The second-order valence-corrected chi connectivity index (χ2v) is 14.1. The Labute approximate surface area is 363 Å². The highest BCUT2D eigenvalue weighted by Gasteiger charge is 2.51. The Bertz CT molecular complexity index is 1820. The number of unbranched alkanes of at least 4 members (excludes halogenated alkanes) is 7. The Kier molecular flexibility index (Phi) is 21.8. The maximum absolute atomic E-state index is 12.7. The third-order valence-electron chi connectivity index (χ3n) is 9.44. The molecule has 0 atom stereocenters. The van der Waals surface area contributed by atoms with Gasteiger partial charge in [0.2, 0.25) is 0 Å². The molecule has 2 aromatic rings. The van der Waals surface area contributed by atoms with Crippen molar-refractivity contribution < 1.29 is 71.9 Å². The lowest BCUT2D eigenvalue weighted by molar-refractivity contribution is -0.175. The van der Waals surface area contributed by atoms with Crippen LogP contribution in [0.2, 0.25) is 0 Å². The summed E-state index contributed by atoms with van der Waals surface area (Å²) in [6.07, 6.45) is -4.25. The zero-order valence-electron chi connectivity index (χ0n) is 34.9. The van der Waals surface area contributed by atoms with Crippen LogP contribution in [-0.2, 0) is 19.2 Å². The first-order valence-electron chi connectivity index (χ1n) is 20.2. The van der Waals surface area contributed by atoms with E-state index in [4.69, 9.17) is 0 Å². The second kappa shape index (κ2) is 25.6. The third kappa shape index (κ3) is 19.0. The van der Waals surface area contributed by atoms with Gasteiger partial charge in [0.15, 0.2) is 0 Å². The molecular weight excluding hydrogens is 872 g/mol. The maximum Gasteiger partial charge on any atom is 0.455 e. The minimum absolute atomic E-state index is 0.191. The number of hydrogen-bond acceptors (Lipinski definition) is 6. The zero-order valence-corrected chi connectivity index (χ0v) is 34.9. The Morgan fingerprint density at radius 1 is 0.406 bits per heavy atom. The van der Waals surface area contributed by atoms with Crippen LogP contribution in [0.15, 0.2) is 108 Å². The number of Topliss-reactive ketones (excluding diaryl/α,β-unsaturated/α-hetero) is 4. The summed E-state index contributed by atoms with van der Waals surface area (Å²) in [5.74, 6) is -11.5. The SMILES string of the molecule is CCN(CCCCCCCCCCN(CC)c1ccc(/C=C/C=C/C=C(C(=O)C(F)(F)F)C(=O)C(F)(F)F)cc1)c1ccc(/C=C/C=C/C=C(C(=O)C(F)(F)F)C(=O)C(F)(F)F)cc1. The van der Waals surface area contributed by atoms with Crippen LogP contribution in [0.3, 0.4) is 0 Å². The predicted molar refractivity (Wildman–Crippen MR) is 222 cm³/mol. The molecule has 0 radical (unpaired) electrons. The first-order chi connectivity index (χ1) is 29.9. The molecule has 0 aliphatic heterocycles. The Balaban J connectivity index is 1.74. The molecule has 0 fully saturated rings. The van der Waals surface area contributed by atoms with Gasteiger partial charge in [-0.2, -0.15) is 52.7 Å². The second-order valence-electron chi connectivity index (χ2n) is 14.1. The number of benzene rings is 2. The lowest BCUT2D eigenvalue weighted by Crippen LogP contribution is -2.34. The number of hydrogen-bond donors (Lipinski definition) is 0. The number of alkyl halides is 12. The summed E-state index contributed by atoms with van der Waals surface area (Å²) in [6.45, 7) is 7.26. The number of anilines is 2. The van der Waals surface area contributed by atoms with Crippen LogP contribution in [0, 0.1) is 0 Å². The van der Waals surface area contributed by atoms with Gasteiger partial charge in [-0.25, -0.2) is 0 Å². The molecule has 6 nitrogen and oxygen atoms in total. The average molecular weight is 921 g/mol. The molecule has 0 amide bonds. The molecule has 0 saturated carbocycles. The molecule has 2 rings (SSSR count). The van der Waals surface area contributed by atoms with E-state index in [-0.39, 0.29) is 12.2 Å². The number of ketones is 4. The van der Waals surface area contributed by atoms with Crippen molar-refractivity contribution in [1.29, 1.82) is 0 Å². The van der Waals surface area contributed by atoms with Gasteiger partial charge in [-0.15, -0.1) is 0 Å². The molecular formula is C46H48F12N2O4. The molecule has 0 heterocycles. The smallest absolute Gasteiger partial charge is 0.372 e. The van der Waals surface area contributed by atoms with Crippen molar-refractivity contribution in [2.75, 3.05) is 36.0 Å². The van der Waals surface area contributed by atoms with Gasteiger partial charge in [-0.05, 0) is 74.2 Å². The van der Waals surface area contributed by atoms with Gasteiger partial charge < -0.3 is 9.80 Å². The summed E-state index contributed by atoms with van der Waals surface area (Å²) in [5.41, 5.74) is -0.700. The van der Waals surface area contributed by atoms with Crippen LogP contribution in [0.1, 0.15) is 76.3 Å². The van der Waals surface area contributed by atoms with Crippen molar-refractivity contribution in [3.63, 3.8) is 0 Å². The molecule has 0 unspecified atom stereocenters. The van der Waals surface area contributed by atoms with Gasteiger partial charge in [0, 0.05) is 37.6 Å². The van der Waals surface area contributed by atoms with Crippen molar-refractivity contribution >= 4 is 46.7 Å². The molecule has 0 bridgehead atoms. The van der Waals surface area contributed by atoms with Crippen LogP contribution < -0.4 is 9.80 Å². The largest absolute Gasteiger partial charge is 0.455 e. The van der Waals surface area contributed by atoms with E-state index in [9.17, 15) is 71.9 Å². The fourth-order valence-corrected chi connectivity index (χ4v) is 6.08. The number of rotatable bonds is 25. The van der Waals surface area contributed by atoms with E-state index in [0.29, 0.717) is 11.1 Å². The number of halogens is 12. The summed E-state index contributed by atoms with van der Waals surface area (Å²) in [7, 11) is 0. The molecule has 18 heteroatoms. The zero-order chi connectivity index (χ0) is 48.1. The number of carbonyl (C=O) groups excluding carboxylic acids is 4. The Morgan fingerprint density at radius 3 is 0.922 bits per heavy atom. The lowest BCUT2D eigenvalue weighted by Gasteiger charge is -2.23. The molecule has 0 aliphatic carbocycles. The van der Waals surface area contributed by atoms with E-state index in [2.05, 4.69) is 9.80 Å². The minimum Gasteiger partial charge on any atom is -0.372 e. The highest BCUT2D eigenvalue weighted by atomic mass is 19.4. The van der Waals surface area contributed by atoms with Gasteiger partial charge in [0.1, 0.15) is 0 Å². The van der Waals surface area contributed by atoms with E-state index >= 15 is 0 Å². The minimum atomic E-state index is -5.65.